The van der Waals surface area contributed by atoms with Gasteiger partial charge in [-0.3, -0.25) is 0 Å². The molecule has 28 heavy (non-hydrogen) atoms. The highest BCUT2D eigenvalue weighted by molar-refractivity contribution is 7.89. The number of benzene rings is 2. The number of nitrogens with zero attached hydrogens (tertiary/aromatic N) is 2. The molecule has 1 aromatic heterocycles. The van der Waals surface area contributed by atoms with Crippen LogP contribution in [0.15, 0.2) is 47.4 Å². The van der Waals surface area contributed by atoms with Gasteiger partial charge in [0.2, 0.25) is 16.0 Å². The average molecular weight is 398 g/mol. The van der Waals surface area contributed by atoms with Gasteiger partial charge >= 0.3 is 0 Å². The Labute approximate surface area is 164 Å². The molecule has 8 heteroatoms. The Kier molecular flexibility index (Phi) is 4.91. The Hall–Kier alpha value is -2.71. The number of hydrogen-bond acceptors (Lipinski definition) is 6. The number of fused-ring (bicyclic) bond motifs is 1. The second kappa shape index (κ2) is 7.37. The molecule has 146 valence electrons. The summed E-state index contributed by atoms with van der Waals surface area (Å²) in [6, 6.07) is 12.7. The smallest absolute Gasteiger partial charge is 0.238 e. The second-order valence-electron chi connectivity index (χ2n) is 7.21. The third-order valence-corrected chi connectivity index (χ3v) is 6.10. The Balaban J connectivity index is 1.73. The molecule has 1 heterocycles. The number of aromatic nitrogens is 2. The van der Waals surface area contributed by atoms with Crippen molar-refractivity contribution in [3.05, 3.63) is 42.5 Å². The lowest BCUT2D eigenvalue weighted by molar-refractivity contribution is 0.462. The maximum atomic E-state index is 11.5. The Morgan fingerprint density at radius 3 is 2.29 bits per heavy atom. The van der Waals surface area contributed by atoms with Gasteiger partial charge < -0.3 is 11.1 Å². The van der Waals surface area contributed by atoms with Crippen LogP contribution in [0.4, 0.5) is 11.8 Å². The first kappa shape index (κ1) is 18.6. The maximum Gasteiger partial charge on any atom is 0.238 e. The van der Waals surface area contributed by atoms with Gasteiger partial charge in [0.1, 0.15) is 5.82 Å². The summed E-state index contributed by atoms with van der Waals surface area (Å²) in [7, 11) is -3.71. The molecule has 0 bridgehead atoms. The van der Waals surface area contributed by atoms with E-state index >= 15 is 0 Å². The van der Waals surface area contributed by atoms with Gasteiger partial charge in [0, 0.05) is 11.4 Å². The van der Waals surface area contributed by atoms with Crippen molar-refractivity contribution in [2.24, 2.45) is 5.14 Å². The molecule has 7 nitrogen and oxygen atoms in total. The zero-order chi connectivity index (χ0) is 19.7. The van der Waals surface area contributed by atoms with Crippen molar-refractivity contribution in [1.29, 1.82) is 0 Å². The van der Waals surface area contributed by atoms with Gasteiger partial charge in [-0.25, -0.2) is 18.5 Å². The van der Waals surface area contributed by atoms with Gasteiger partial charge in [0.15, 0.2) is 0 Å². The highest BCUT2D eigenvalue weighted by Crippen LogP contribution is 2.30. The first-order valence-electron chi connectivity index (χ1n) is 9.37. The summed E-state index contributed by atoms with van der Waals surface area (Å²) in [6.45, 7) is 0. The van der Waals surface area contributed by atoms with Crippen molar-refractivity contribution >= 4 is 32.7 Å². The predicted octanol–water partition coefficient (Wildman–Crippen LogP) is 3.27. The maximum absolute atomic E-state index is 11.5. The summed E-state index contributed by atoms with van der Waals surface area (Å²) < 4.78 is 22.9. The summed E-state index contributed by atoms with van der Waals surface area (Å²) in [5.74, 6) is 0.994. The third kappa shape index (κ3) is 3.93. The topological polar surface area (TPSA) is 124 Å². The van der Waals surface area contributed by atoms with Crippen molar-refractivity contribution in [1.82, 2.24) is 9.97 Å². The molecule has 0 radical (unpaired) electrons. The number of hydrogen-bond donors (Lipinski definition) is 3. The summed E-state index contributed by atoms with van der Waals surface area (Å²) in [5.41, 5.74) is 8.50. The van der Waals surface area contributed by atoms with Crippen LogP contribution in [0, 0.1) is 0 Å². The van der Waals surface area contributed by atoms with Gasteiger partial charge in [0.25, 0.3) is 0 Å². The average Bonchev–Trinajstić information content (AvgIpc) is 2.68. The van der Waals surface area contributed by atoms with Crippen molar-refractivity contribution in [3.63, 3.8) is 0 Å². The highest BCUT2D eigenvalue weighted by atomic mass is 32.2. The monoisotopic (exact) mass is 397 g/mol. The van der Waals surface area contributed by atoms with E-state index in [0.717, 1.165) is 40.7 Å². The third-order valence-electron chi connectivity index (χ3n) is 5.18. The van der Waals surface area contributed by atoms with E-state index in [4.69, 9.17) is 10.9 Å². The fourth-order valence-electron chi connectivity index (χ4n) is 3.71. The Morgan fingerprint density at radius 1 is 0.929 bits per heavy atom. The minimum Gasteiger partial charge on any atom is -0.368 e. The highest BCUT2D eigenvalue weighted by Gasteiger charge is 2.16. The van der Waals surface area contributed by atoms with Crippen LogP contribution < -0.4 is 16.2 Å². The van der Waals surface area contributed by atoms with Gasteiger partial charge in [-0.05, 0) is 48.2 Å². The van der Waals surface area contributed by atoms with Crippen molar-refractivity contribution in [2.45, 2.75) is 43.0 Å². The number of nitrogens with one attached hydrogen (secondary N) is 1. The van der Waals surface area contributed by atoms with Crippen LogP contribution in [-0.4, -0.2) is 24.4 Å². The largest absolute Gasteiger partial charge is 0.368 e. The molecule has 4 rings (SSSR count). The van der Waals surface area contributed by atoms with Gasteiger partial charge in [-0.1, -0.05) is 37.5 Å². The molecular formula is C20H23N5O2S. The first-order chi connectivity index (χ1) is 13.4. The lowest BCUT2D eigenvalue weighted by Gasteiger charge is -2.24. The Morgan fingerprint density at radius 2 is 1.61 bits per heavy atom. The standard InChI is InChI=1S/C20H23N5O2S/c21-20-24-18-11-8-14(13-6-9-16(10-7-13)28(22,26)27)12-17(18)19(25-20)23-15-4-2-1-3-5-15/h6-12,15H,1-5H2,(H2,22,26,27)(H3,21,23,24,25). The van der Waals surface area contributed by atoms with Crippen LogP contribution in [0.5, 0.6) is 0 Å². The van der Waals surface area contributed by atoms with E-state index in [2.05, 4.69) is 15.3 Å². The zero-order valence-corrected chi connectivity index (χ0v) is 16.2. The molecule has 1 aliphatic carbocycles. The van der Waals surface area contributed by atoms with E-state index in [1.165, 1.54) is 31.4 Å². The van der Waals surface area contributed by atoms with Crippen LogP contribution >= 0.6 is 0 Å². The lowest BCUT2D eigenvalue weighted by atomic mass is 9.95. The summed E-state index contributed by atoms with van der Waals surface area (Å²) >= 11 is 0. The van der Waals surface area contributed by atoms with Crippen LogP contribution in [0.25, 0.3) is 22.0 Å². The van der Waals surface area contributed by atoms with Crippen molar-refractivity contribution in [2.75, 3.05) is 11.1 Å². The number of nitrogens with two attached hydrogens (primary N) is 2. The summed E-state index contributed by atoms with van der Waals surface area (Å²) in [4.78, 5) is 8.87. The number of rotatable bonds is 4. The van der Waals surface area contributed by atoms with Crippen LogP contribution in [0.3, 0.4) is 0 Å². The predicted molar refractivity (Wildman–Crippen MR) is 111 cm³/mol. The van der Waals surface area contributed by atoms with Crippen LogP contribution in [0.2, 0.25) is 0 Å². The van der Waals surface area contributed by atoms with Crippen molar-refractivity contribution < 1.29 is 8.42 Å². The molecule has 1 saturated carbocycles. The molecule has 5 N–H and O–H groups in total. The molecule has 0 saturated heterocycles. The van der Waals surface area contributed by atoms with Gasteiger partial charge in [-0.2, -0.15) is 4.98 Å². The molecule has 1 fully saturated rings. The van der Waals surface area contributed by atoms with Gasteiger partial charge in [0.05, 0.1) is 10.4 Å². The fraction of sp³-hybridized carbons (Fsp3) is 0.300. The Bertz CT molecular complexity index is 1110. The number of primary sulfonamides is 1. The zero-order valence-electron chi connectivity index (χ0n) is 15.4. The molecule has 0 atom stereocenters. The molecule has 0 amide bonds. The molecule has 2 aromatic carbocycles. The van der Waals surface area contributed by atoms with Crippen LogP contribution in [0.1, 0.15) is 32.1 Å². The normalized spacial score (nSPS) is 15.6. The fourth-order valence-corrected chi connectivity index (χ4v) is 4.23. The molecule has 0 unspecified atom stereocenters. The lowest BCUT2D eigenvalue weighted by Crippen LogP contribution is -2.23. The molecule has 3 aromatic rings. The number of sulfonamides is 1. The molecular weight excluding hydrogens is 374 g/mol. The number of nitrogen functional groups attached to an aromatic ring is 1. The van der Waals surface area contributed by atoms with E-state index < -0.39 is 10.0 Å². The van der Waals surface area contributed by atoms with Crippen molar-refractivity contribution in [3.8, 4) is 11.1 Å². The molecule has 0 spiro atoms. The summed E-state index contributed by atoms with van der Waals surface area (Å²) in [5, 5.41) is 9.62. The van der Waals surface area contributed by atoms with E-state index in [9.17, 15) is 8.42 Å². The minimum atomic E-state index is -3.71. The van der Waals surface area contributed by atoms with E-state index in [1.54, 1.807) is 12.1 Å². The summed E-state index contributed by atoms with van der Waals surface area (Å²) in [6.07, 6.45) is 5.97. The minimum absolute atomic E-state index is 0.0906. The number of anilines is 2. The van der Waals surface area contributed by atoms with Crippen LogP contribution in [-0.2, 0) is 10.0 Å². The molecule has 0 aliphatic heterocycles. The molecule has 1 aliphatic rings. The quantitative estimate of drug-likeness (QED) is 0.621. The van der Waals surface area contributed by atoms with E-state index in [0.29, 0.717) is 6.04 Å². The van der Waals surface area contributed by atoms with E-state index in [-0.39, 0.29) is 10.8 Å². The van der Waals surface area contributed by atoms with E-state index in [1.807, 2.05) is 18.2 Å². The van der Waals surface area contributed by atoms with Gasteiger partial charge in [-0.15, -0.1) is 0 Å². The first-order valence-corrected chi connectivity index (χ1v) is 10.9. The SMILES string of the molecule is Nc1nc(NC2CCCCC2)c2cc(-c3ccc(S(N)(=O)=O)cc3)ccc2n1. The second-order valence-corrected chi connectivity index (χ2v) is 8.77.